The van der Waals surface area contributed by atoms with E-state index in [0.29, 0.717) is 5.69 Å². The Kier molecular flexibility index (Phi) is 7.07. The Morgan fingerprint density at radius 1 is 1.39 bits per heavy atom. The lowest BCUT2D eigenvalue weighted by atomic mass is 10.3. The van der Waals surface area contributed by atoms with E-state index in [9.17, 15) is 14.9 Å². The highest BCUT2D eigenvalue weighted by Gasteiger charge is 2.35. The summed E-state index contributed by atoms with van der Waals surface area (Å²) in [7, 11) is 1.14. The molecule has 1 atom stereocenters. The first-order valence-corrected chi connectivity index (χ1v) is 7.41. The lowest BCUT2D eigenvalue weighted by Gasteiger charge is -2.27. The number of nitro groups is 1. The van der Waals surface area contributed by atoms with E-state index in [1.54, 1.807) is 6.07 Å². The van der Waals surface area contributed by atoms with Crippen LogP contribution in [0.2, 0.25) is 0 Å². The van der Waals surface area contributed by atoms with Gasteiger partial charge in [0, 0.05) is 17.8 Å². The smallest absolute Gasteiger partial charge is 0.408 e. The van der Waals surface area contributed by atoms with Gasteiger partial charge in [0.2, 0.25) is 3.79 Å². The van der Waals surface area contributed by atoms with Crippen LogP contribution in [0.5, 0.6) is 0 Å². The SMILES string of the molecule is COC(=O)N[C@H](NC(=S)Nc1cccc([N+](=O)[O-])c1)C(Cl)(Cl)Cl. The fraction of sp³-hybridized carbons (Fsp3) is 0.273. The molecule has 12 heteroatoms. The normalized spacial score (nSPS) is 12.0. The maximum atomic E-state index is 11.2. The van der Waals surface area contributed by atoms with Gasteiger partial charge in [0.1, 0.15) is 0 Å². The van der Waals surface area contributed by atoms with Gasteiger partial charge in [0.05, 0.1) is 12.0 Å². The number of halogens is 3. The topological polar surface area (TPSA) is 106 Å². The second-order valence-corrected chi connectivity index (χ2v) is 6.79. The van der Waals surface area contributed by atoms with E-state index in [2.05, 4.69) is 20.7 Å². The highest BCUT2D eigenvalue weighted by molar-refractivity contribution is 7.80. The molecule has 0 bridgehead atoms. The molecule has 0 aliphatic carbocycles. The fourth-order valence-corrected chi connectivity index (χ4v) is 1.94. The first-order chi connectivity index (χ1) is 10.6. The first-order valence-electron chi connectivity index (χ1n) is 5.86. The second kappa shape index (κ2) is 8.34. The molecule has 0 heterocycles. The van der Waals surface area contributed by atoms with Gasteiger partial charge >= 0.3 is 6.09 Å². The lowest BCUT2D eigenvalue weighted by Crippen LogP contribution is -2.56. The number of thiocarbonyl (C=S) groups is 1. The number of rotatable bonds is 4. The van der Waals surface area contributed by atoms with Gasteiger partial charge in [-0.2, -0.15) is 0 Å². The summed E-state index contributed by atoms with van der Waals surface area (Å²) in [5.74, 6) is 0. The maximum Gasteiger partial charge on any atom is 0.408 e. The third kappa shape index (κ3) is 6.61. The number of alkyl carbamates (subject to hydrolysis) is 1. The Morgan fingerprint density at radius 3 is 2.57 bits per heavy atom. The van der Waals surface area contributed by atoms with Crippen molar-refractivity contribution in [1.82, 2.24) is 10.6 Å². The summed E-state index contributed by atoms with van der Waals surface area (Å²) in [6.07, 6.45) is -2.04. The number of hydrogen-bond donors (Lipinski definition) is 3. The maximum absolute atomic E-state index is 11.2. The zero-order valence-corrected chi connectivity index (χ0v) is 14.6. The van der Waals surface area contributed by atoms with Crippen LogP contribution in [-0.4, -0.2) is 33.2 Å². The summed E-state index contributed by atoms with van der Waals surface area (Å²) < 4.78 is 2.49. The van der Waals surface area contributed by atoms with Crippen molar-refractivity contribution in [3.05, 3.63) is 34.4 Å². The molecule has 126 valence electrons. The summed E-state index contributed by atoms with van der Waals surface area (Å²) in [6.45, 7) is 0. The third-order valence-electron chi connectivity index (χ3n) is 2.37. The number of nitro benzene ring substituents is 1. The van der Waals surface area contributed by atoms with Gasteiger partial charge in [-0.1, -0.05) is 40.9 Å². The molecule has 0 saturated carbocycles. The minimum Gasteiger partial charge on any atom is -0.453 e. The Hall–Kier alpha value is -1.55. The van der Waals surface area contributed by atoms with E-state index in [4.69, 9.17) is 47.0 Å². The van der Waals surface area contributed by atoms with E-state index < -0.39 is 21.0 Å². The van der Waals surface area contributed by atoms with Crippen molar-refractivity contribution in [3.8, 4) is 0 Å². The number of hydrogen-bond acceptors (Lipinski definition) is 5. The van der Waals surface area contributed by atoms with Gasteiger partial charge in [0.25, 0.3) is 5.69 Å². The van der Waals surface area contributed by atoms with E-state index in [-0.39, 0.29) is 10.8 Å². The van der Waals surface area contributed by atoms with Crippen LogP contribution in [0.25, 0.3) is 0 Å². The molecule has 0 fully saturated rings. The van der Waals surface area contributed by atoms with Crippen LogP contribution in [0, 0.1) is 10.1 Å². The average Bonchev–Trinajstić information content (AvgIpc) is 2.45. The van der Waals surface area contributed by atoms with E-state index in [0.717, 1.165) is 7.11 Å². The molecule has 0 spiro atoms. The molecule has 0 aliphatic rings. The third-order valence-corrected chi connectivity index (χ3v) is 3.24. The molecule has 1 aromatic rings. The number of carbonyl (C=O) groups excluding carboxylic acids is 1. The first kappa shape index (κ1) is 19.5. The highest BCUT2D eigenvalue weighted by atomic mass is 35.6. The highest BCUT2D eigenvalue weighted by Crippen LogP contribution is 2.29. The monoisotopic (exact) mass is 400 g/mol. The second-order valence-electron chi connectivity index (χ2n) is 4.02. The van der Waals surface area contributed by atoms with Crippen molar-refractivity contribution in [2.24, 2.45) is 0 Å². The van der Waals surface area contributed by atoms with Crippen LogP contribution in [-0.2, 0) is 4.74 Å². The molecule has 1 rings (SSSR count). The number of methoxy groups -OCH3 is 1. The molecule has 1 aromatic carbocycles. The standard InChI is InChI=1S/C11H11Cl3N4O4S/c1-22-10(19)17-8(11(12,13)14)16-9(23)15-6-3-2-4-7(5-6)18(20)21/h2-5,8H,1H3,(H,17,19)(H2,15,16,23)/t8-/m0/s1. The molecular formula is C11H11Cl3N4O4S. The summed E-state index contributed by atoms with van der Waals surface area (Å²) in [4.78, 5) is 21.4. The van der Waals surface area contributed by atoms with Crippen LogP contribution in [0.1, 0.15) is 0 Å². The summed E-state index contributed by atoms with van der Waals surface area (Å²) in [5, 5.41) is 18.2. The molecule has 23 heavy (non-hydrogen) atoms. The average molecular weight is 402 g/mol. The molecule has 1 amide bonds. The number of anilines is 1. The van der Waals surface area contributed by atoms with Gasteiger partial charge < -0.3 is 15.4 Å². The predicted octanol–water partition coefficient (Wildman–Crippen LogP) is 2.93. The van der Waals surface area contributed by atoms with Crippen molar-refractivity contribution in [1.29, 1.82) is 0 Å². The van der Waals surface area contributed by atoms with Crippen LogP contribution in [0.15, 0.2) is 24.3 Å². The van der Waals surface area contributed by atoms with Crippen LogP contribution in [0.4, 0.5) is 16.2 Å². The lowest BCUT2D eigenvalue weighted by molar-refractivity contribution is -0.384. The molecule has 0 radical (unpaired) electrons. The van der Waals surface area contributed by atoms with E-state index in [1.807, 2.05) is 0 Å². The van der Waals surface area contributed by atoms with E-state index in [1.165, 1.54) is 18.2 Å². The zero-order valence-electron chi connectivity index (χ0n) is 11.5. The number of non-ortho nitro benzene ring substituents is 1. The fourth-order valence-electron chi connectivity index (χ4n) is 1.37. The minimum absolute atomic E-state index is 0.0294. The molecule has 0 aliphatic heterocycles. The van der Waals surface area contributed by atoms with Crippen molar-refractivity contribution in [2.45, 2.75) is 9.96 Å². The Morgan fingerprint density at radius 2 is 2.04 bits per heavy atom. The minimum atomic E-state index is -1.93. The number of ether oxygens (including phenoxy) is 1. The number of nitrogens with zero attached hydrogens (tertiary/aromatic N) is 1. The number of nitrogens with one attached hydrogen (secondary N) is 3. The summed E-state index contributed by atoms with van der Waals surface area (Å²) in [5.41, 5.74) is 0.223. The van der Waals surface area contributed by atoms with Gasteiger partial charge in [-0.3, -0.25) is 15.4 Å². The van der Waals surface area contributed by atoms with Crippen LogP contribution < -0.4 is 16.0 Å². The van der Waals surface area contributed by atoms with Gasteiger partial charge in [-0.25, -0.2) is 4.79 Å². The molecule has 3 N–H and O–H groups in total. The van der Waals surface area contributed by atoms with Crippen molar-refractivity contribution >= 4 is 69.6 Å². The summed E-state index contributed by atoms with van der Waals surface area (Å²) >= 11 is 22.2. The molecule has 0 aromatic heterocycles. The Balaban J connectivity index is 2.77. The quantitative estimate of drug-likeness (QED) is 0.234. The summed E-state index contributed by atoms with van der Waals surface area (Å²) in [6, 6.07) is 5.62. The molecular weight excluding hydrogens is 391 g/mol. The number of alkyl halides is 3. The Bertz CT molecular complexity index is 611. The molecule has 8 nitrogen and oxygen atoms in total. The van der Waals surface area contributed by atoms with Crippen molar-refractivity contribution < 1.29 is 14.5 Å². The molecule has 0 unspecified atom stereocenters. The van der Waals surface area contributed by atoms with E-state index >= 15 is 0 Å². The van der Waals surface area contributed by atoms with Crippen molar-refractivity contribution in [3.63, 3.8) is 0 Å². The largest absolute Gasteiger partial charge is 0.453 e. The number of carbonyl (C=O) groups is 1. The van der Waals surface area contributed by atoms with Crippen molar-refractivity contribution in [2.75, 3.05) is 12.4 Å². The number of benzene rings is 1. The van der Waals surface area contributed by atoms with Gasteiger partial charge in [-0.15, -0.1) is 0 Å². The van der Waals surface area contributed by atoms with Gasteiger partial charge in [-0.05, 0) is 18.3 Å². The van der Waals surface area contributed by atoms with Crippen LogP contribution >= 0.6 is 47.0 Å². The molecule has 0 saturated heterocycles. The zero-order chi connectivity index (χ0) is 17.6. The van der Waals surface area contributed by atoms with Gasteiger partial charge in [0.15, 0.2) is 11.3 Å². The Labute approximate surface area is 151 Å². The number of amides is 1. The van der Waals surface area contributed by atoms with Crippen LogP contribution in [0.3, 0.4) is 0 Å². The predicted molar refractivity (Wildman–Crippen MR) is 92.1 cm³/mol.